The fourth-order valence-corrected chi connectivity index (χ4v) is 1.93. The minimum atomic E-state index is 0.0576. The predicted octanol–water partition coefficient (Wildman–Crippen LogP) is 0.164. The Morgan fingerprint density at radius 1 is 1.11 bits per heavy atom. The van der Waals surface area contributed by atoms with Gasteiger partial charge in [0.25, 0.3) is 0 Å². The van der Waals surface area contributed by atoms with E-state index in [2.05, 4.69) is 10.7 Å². The number of aliphatic hydroxyl groups excluding tert-OH is 2. The van der Waals surface area contributed by atoms with E-state index in [0.29, 0.717) is 18.8 Å². The summed E-state index contributed by atoms with van der Waals surface area (Å²) in [4.78, 5) is 0. The molecule has 2 aromatic rings. The number of hydrogen-bond acceptors (Lipinski definition) is 5. The standard InChI is InChI=1S/C12H18N4O2/c13-10-1-2-11(14-4-7-17)9-3-6-16(12(9)10)15-5-8-18/h1-3,6,14-15,17-18H,4-5,7-8,13H2. The lowest BCUT2D eigenvalue weighted by atomic mass is 10.2. The van der Waals surface area contributed by atoms with Crippen molar-refractivity contribution >= 4 is 22.3 Å². The molecule has 0 aliphatic heterocycles. The van der Waals surface area contributed by atoms with Crippen LogP contribution in [0.15, 0.2) is 24.4 Å². The van der Waals surface area contributed by atoms with E-state index >= 15 is 0 Å². The van der Waals surface area contributed by atoms with Crippen LogP contribution in [0.25, 0.3) is 10.9 Å². The summed E-state index contributed by atoms with van der Waals surface area (Å²) in [5.74, 6) is 0. The number of rotatable bonds is 6. The zero-order valence-electron chi connectivity index (χ0n) is 10.1. The third-order valence-corrected chi connectivity index (χ3v) is 2.70. The van der Waals surface area contributed by atoms with Crippen LogP contribution in [-0.2, 0) is 0 Å². The van der Waals surface area contributed by atoms with Gasteiger partial charge in [-0.05, 0) is 18.2 Å². The molecule has 18 heavy (non-hydrogen) atoms. The van der Waals surface area contributed by atoms with E-state index in [-0.39, 0.29) is 13.2 Å². The normalized spacial score (nSPS) is 10.8. The van der Waals surface area contributed by atoms with Gasteiger partial charge in [0.05, 0.1) is 31.0 Å². The van der Waals surface area contributed by atoms with Crippen molar-refractivity contribution in [1.29, 1.82) is 0 Å². The van der Waals surface area contributed by atoms with Crippen molar-refractivity contribution in [2.75, 3.05) is 42.8 Å². The van der Waals surface area contributed by atoms with E-state index < -0.39 is 0 Å². The van der Waals surface area contributed by atoms with Gasteiger partial charge in [0, 0.05) is 23.8 Å². The summed E-state index contributed by atoms with van der Waals surface area (Å²) in [7, 11) is 0. The van der Waals surface area contributed by atoms with Gasteiger partial charge in [-0.1, -0.05) is 0 Å². The summed E-state index contributed by atoms with van der Waals surface area (Å²) in [6.07, 6.45) is 1.86. The topological polar surface area (TPSA) is 95.5 Å². The number of hydrogen-bond donors (Lipinski definition) is 5. The van der Waals surface area contributed by atoms with Gasteiger partial charge in [-0.3, -0.25) is 4.68 Å². The van der Waals surface area contributed by atoms with Crippen molar-refractivity contribution in [3.8, 4) is 0 Å². The highest BCUT2D eigenvalue weighted by Gasteiger charge is 2.08. The second-order valence-corrected chi connectivity index (χ2v) is 3.93. The largest absolute Gasteiger partial charge is 0.397 e. The molecule has 1 aromatic heterocycles. The zero-order valence-corrected chi connectivity index (χ0v) is 10.1. The highest BCUT2D eigenvalue weighted by Crippen LogP contribution is 2.28. The van der Waals surface area contributed by atoms with Crippen LogP contribution in [0.2, 0.25) is 0 Å². The van der Waals surface area contributed by atoms with Crippen LogP contribution >= 0.6 is 0 Å². The number of nitrogens with two attached hydrogens (primary N) is 1. The van der Waals surface area contributed by atoms with Gasteiger partial charge in [0.15, 0.2) is 0 Å². The zero-order chi connectivity index (χ0) is 13.0. The molecule has 0 bridgehead atoms. The van der Waals surface area contributed by atoms with Gasteiger partial charge >= 0.3 is 0 Å². The molecule has 0 spiro atoms. The van der Waals surface area contributed by atoms with Crippen LogP contribution in [0.5, 0.6) is 0 Å². The van der Waals surface area contributed by atoms with Crippen LogP contribution in [0, 0.1) is 0 Å². The molecule has 0 atom stereocenters. The predicted molar refractivity (Wildman–Crippen MR) is 73.2 cm³/mol. The Kier molecular flexibility index (Phi) is 3.91. The van der Waals surface area contributed by atoms with Crippen molar-refractivity contribution in [2.45, 2.75) is 0 Å². The molecule has 0 amide bonds. The second-order valence-electron chi connectivity index (χ2n) is 3.93. The molecule has 98 valence electrons. The summed E-state index contributed by atoms with van der Waals surface area (Å²) < 4.78 is 1.80. The van der Waals surface area contributed by atoms with E-state index in [4.69, 9.17) is 15.9 Å². The molecule has 0 fully saturated rings. The van der Waals surface area contributed by atoms with Crippen LogP contribution in [0.1, 0.15) is 0 Å². The molecule has 0 unspecified atom stereocenters. The summed E-state index contributed by atoms with van der Waals surface area (Å²) in [5.41, 5.74) is 11.5. The fourth-order valence-electron chi connectivity index (χ4n) is 1.93. The minimum absolute atomic E-state index is 0.0576. The summed E-state index contributed by atoms with van der Waals surface area (Å²) in [6, 6.07) is 5.65. The van der Waals surface area contributed by atoms with Crippen molar-refractivity contribution in [3.63, 3.8) is 0 Å². The maximum absolute atomic E-state index is 8.84. The Morgan fingerprint density at radius 3 is 2.61 bits per heavy atom. The monoisotopic (exact) mass is 250 g/mol. The Bertz CT molecular complexity index is 524. The Balaban J connectivity index is 2.39. The molecule has 2 rings (SSSR count). The van der Waals surface area contributed by atoms with Crippen LogP contribution < -0.4 is 16.5 Å². The van der Waals surface area contributed by atoms with E-state index in [1.165, 1.54) is 0 Å². The molecule has 1 aromatic carbocycles. The molecule has 1 heterocycles. The number of benzene rings is 1. The number of nitrogens with zero attached hydrogens (tertiary/aromatic N) is 1. The van der Waals surface area contributed by atoms with Gasteiger partial charge in [0.1, 0.15) is 0 Å². The van der Waals surface area contributed by atoms with Crippen LogP contribution in [0.3, 0.4) is 0 Å². The fraction of sp³-hybridized carbons (Fsp3) is 0.333. The minimum Gasteiger partial charge on any atom is -0.397 e. The molecular formula is C12H18N4O2. The number of nitrogen functional groups attached to an aromatic ring is 1. The molecule has 0 aliphatic carbocycles. The van der Waals surface area contributed by atoms with Crippen molar-refractivity contribution < 1.29 is 10.2 Å². The van der Waals surface area contributed by atoms with E-state index in [0.717, 1.165) is 16.6 Å². The van der Waals surface area contributed by atoms with Crippen LogP contribution in [0.4, 0.5) is 11.4 Å². The van der Waals surface area contributed by atoms with Gasteiger partial charge in [-0.15, -0.1) is 0 Å². The first-order valence-electron chi connectivity index (χ1n) is 5.87. The van der Waals surface area contributed by atoms with Crippen LogP contribution in [-0.4, -0.2) is 41.2 Å². The molecular weight excluding hydrogens is 232 g/mol. The maximum atomic E-state index is 8.84. The summed E-state index contributed by atoms with van der Waals surface area (Å²) in [6.45, 7) is 1.09. The Labute approximate surface area is 105 Å². The second kappa shape index (κ2) is 5.61. The van der Waals surface area contributed by atoms with Gasteiger partial charge in [0.2, 0.25) is 0 Å². The van der Waals surface area contributed by atoms with Crippen molar-refractivity contribution in [3.05, 3.63) is 24.4 Å². The SMILES string of the molecule is Nc1ccc(NCCO)c2ccn(NCCO)c12. The third kappa shape index (κ3) is 2.34. The van der Waals surface area contributed by atoms with Gasteiger partial charge in [-0.25, -0.2) is 0 Å². The number of nitrogens with one attached hydrogen (secondary N) is 2. The summed E-state index contributed by atoms with van der Waals surface area (Å²) >= 11 is 0. The Hall–Kier alpha value is -1.92. The molecule has 0 saturated carbocycles. The molecule has 6 N–H and O–H groups in total. The van der Waals surface area contributed by atoms with Gasteiger partial charge < -0.3 is 26.7 Å². The molecule has 0 radical (unpaired) electrons. The average Bonchev–Trinajstić information content (AvgIpc) is 2.80. The first kappa shape index (κ1) is 12.5. The maximum Gasteiger partial charge on any atom is 0.0942 e. The van der Waals surface area contributed by atoms with Gasteiger partial charge in [-0.2, -0.15) is 0 Å². The van der Waals surface area contributed by atoms with E-state index in [1.807, 2.05) is 24.4 Å². The lowest BCUT2D eigenvalue weighted by molar-refractivity contribution is 0.307. The number of aliphatic hydroxyl groups is 2. The Morgan fingerprint density at radius 2 is 1.89 bits per heavy atom. The first-order valence-corrected chi connectivity index (χ1v) is 5.87. The quantitative estimate of drug-likeness (QED) is 0.471. The number of fused-ring (bicyclic) bond motifs is 1. The van der Waals surface area contributed by atoms with E-state index in [1.54, 1.807) is 4.68 Å². The first-order chi connectivity index (χ1) is 8.77. The molecule has 6 nitrogen and oxygen atoms in total. The smallest absolute Gasteiger partial charge is 0.0942 e. The highest BCUT2D eigenvalue weighted by atomic mass is 16.3. The average molecular weight is 250 g/mol. The number of aromatic nitrogens is 1. The lowest BCUT2D eigenvalue weighted by Gasteiger charge is -2.11. The summed E-state index contributed by atoms with van der Waals surface area (Å²) in [5, 5.41) is 21.8. The molecule has 0 saturated heterocycles. The van der Waals surface area contributed by atoms with Crippen molar-refractivity contribution in [2.24, 2.45) is 0 Å². The lowest BCUT2D eigenvalue weighted by Crippen LogP contribution is -2.17. The third-order valence-electron chi connectivity index (χ3n) is 2.70. The highest BCUT2D eigenvalue weighted by molar-refractivity contribution is 5.99. The van der Waals surface area contributed by atoms with Crippen molar-refractivity contribution in [1.82, 2.24) is 4.68 Å². The van der Waals surface area contributed by atoms with E-state index in [9.17, 15) is 0 Å². The molecule has 6 heteroatoms. The molecule has 0 aliphatic rings. The number of anilines is 2.